The van der Waals surface area contributed by atoms with Crippen molar-refractivity contribution in [3.05, 3.63) is 0 Å². The summed E-state index contributed by atoms with van der Waals surface area (Å²) < 4.78 is 25.1. The van der Waals surface area contributed by atoms with Crippen molar-refractivity contribution in [1.29, 1.82) is 0 Å². The van der Waals surface area contributed by atoms with Gasteiger partial charge in [0.15, 0.2) is 0 Å². The average molecular weight is 294 g/mol. The summed E-state index contributed by atoms with van der Waals surface area (Å²) in [6.45, 7) is 7.58. The fourth-order valence-electron chi connectivity index (χ4n) is 1.86. The van der Waals surface area contributed by atoms with Crippen molar-refractivity contribution >= 4 is 15.9 Å². The first kappa shape index (κ1) is 18.3. The number of rotatable bonds is 8. The molecule has 0 aromatic heterocycles. The van der Waals surface area contributed by atoms with E-state index >= 15 is 0 Å². The monoisotopic (exact) mass is 294 g/mol. The minimum absolute atomic E-state index is 0.0873. The molecule has 0 aromatic rings. The van der Waals surface area contributed by atoms with Crippen molar-refractivity contribution in [2.24, 2.45) is 5.92 Å². The third-order valence-electron chi connectivity index (χ3n) is 2.61. The lowest BCUT2D eigenvalue weighted by Gasteiger charge is -2.30. The molecule has 0 aromatic carbocycles. The largest absolute Gasteiger partial charge is 0.395 e. The molecule has 0 aliphatic rings. The van der Waals surface area contributed by atoms with E-state index in [-0.39, 0.29) is 31.0 Å². The summed E-state index contributed by atoms with van der Waals surface area (Å²) in [5.41, 5.74) is 0. The van der Waals surface area contributed by atoms with Gasteiger partial charge >= 0.3 is 0 Å². The van der Waals surface area contributed by atoms with Crippen LogP contribution in [0.5, 0.6) is 0 Å². The van der Waals surface area contributed by atoms with Crippen molar-refractivity contribution < 1.29 is 18.3 Å². The van der Waals surface area contributed by atoms with Gasteiger partial charge in [0, 0.05) is 12.6 Å². The second-order valence-electron chi connectivity index (χ2n) is 5.42. The van der Waals surface area contributed by atoms with Gasteiger partial charge in [-0.1, -0.05) is 13.8 Å². The number of hydrogen-bond donors (Lipinski definition) is 2. The zero-order chi connectivity index (χ0) is 15.2. The Bertz CT molecular complexity index is 379. The summed E-state index contributed by atoms with van der Waals surface area (Å²) in [7, 11) is -3.45. The Hall–Kier alpha value is -0.660. The highest BCUT2D eigenvalue weighted by Crippen LogP contribution is 2.11. The second kappa shape index (κ2) is 7.81. The van der Waals surface area contributed by atoms with Gasteiger partial charge in [0.25, 0.3) is 0 Å². The second-order valence-corrected chi connectivity index (χ2v) is 7.20. The zero-order valence-corrected chi connectivity index (χ0v) is 13.2. The van der Waals surface area contributed by atoms with Crippen LogP contribution < -0.4 is 4.72 Å². The highest BCUT2D eigenvalue weighted by molar-refractivity contribution is 7.88. The Kier molecular flexibility index (Phi) is 7.54. The van der Waals surface area contributed by atoms with Crippen LogP contribution in [0, 0.1) is 5.92 Å². The maximum atomic E-state index is 12.4. The number of nitrogens with zero attached hydrogens (tertiary/aromatic N) is 1. The number of amides is 1. The van der Waals surface area contributed by atoms with Gasteiger partial charge < -0.3 is 10.0 Å². The van der Waals surface area contributed by atoms with E-state index in [2.05, 4.69) is 4.72 Å². The molecule has 0 aliphatic heterocycles. The molecule has 0 spiro atoms. The predicted octanol–water partition coefficient (Wildman–Crippen LogP) is 0.180. The third kappa shape index (κ3) is 7.49. The van der Waals surface area contributed by atoms with Gasteiger partial charge in [-0.3, -0.25) is 4.79 Å². The molecule has 2 N–H and O–H groups in total. The van der Waals surface area contributed by atoms with Gasteiger partial charge in [-0.25, -0.2) is 13.1 Å². The molecule has 114 valence electrons. The molecular formula is C12H26N2O4S. The molecule has 0 rings (SSSR count). The summed E-state index contributed by atoms with van der Waals surface area (Å²) in [5.74, 6) is -0.102. The Morgan fingerprint density at radius 3 is 2.11 bits per heavy atom. The van der Waals surface area contributed by atoms with E-state index < -0.39 is 16.1 Å². The standard InChI is InChI=1S/C12H26N2O4S/c1-9(2)8-11(13-19(5,17)18)12(16)14(6-7-15)10(3)4/h9-11,13,15H,6-8H2,1-5H3. The molecule has 0 heterocycles. The van der Waals surface area contributed by atoms with Crippen LogP contribution in [0.2, 0.25) is 0 Å². The quantitative estimate of drug-likeness (QED) is 0.668. The maximum Gasteiger partial charge on any atom is 0.241 e. The third-order valence-corrected chi connectivity index (χ3v) is 3.32. The lowest BCUT2D eigenvalue weighted by Crippen LogP contribution is -2.51. The first-order chi connectivity index (χ1) is 8.58. The molecule has 0 fully saturated rings. The van der Waals surface area contributed by atoms with Crippen LogP contribution in [-0.2, 0) is 14.8 Å². The number of nitrogens with one attached hydrogen (secondary N) is 1. The smallest absolute Gasteiger partial charge is 0.241 e. The van der Waals surface area contributed by atoms with Gasteiger partial charge in [-0.15, -0.1) is 0 Å². The normalized spacial score (nSPS) is 13.9. The number of sulfonamides is 1. The molecule has 0 saturated carbocycles. The number of aliphatic hydroxyl groups is 1. The zero-order valence-electron chi connectivity index (χ0n) is 12.4. The van der Waals surface area contributed by atoms with Crippen LogP contribution >= 0.6 is 0 Å². The highest BCUT2D eigenvalue weighted by atomic mass is 32.2. The van der Waals surface area contributed by atoms with Crippen LogP contribution in [0.25, 0.3) is 0 Å². The average Bonchev–Trinajstić information content (AvgIpc) is 2.20. The topological polar surface area (TPSA) is 86.7 Å². The summed E-state index contributed by atoms with van der Waals surface area (Å²) in [4.78, 5) is 13.9. The molecule has 0 aliphatic carbocycles. The predicted molar refractivity (Wildman–Crippen MR) is 75.2 cm³/mol. The fourth-order valence-corrected chi connectivity index (χ4v) is 2.57. The lowest BCUT2D eigenvalue weighted by atomic mass is 10.0. The molecule has 0 radical (unpaired) electrons. The van der Waals surface area contributed by atoms with E-state index in [0.717, 1.165) is 6.26 Å². The number of aliphatic hydroxyl groups excluding tert-OH is 1. The molecule has 6 nitrogen and oxygen atoms in total. The minimum Gasteiger partial charge on any atom is -0.395 e. The Morgan fingerprint density at radius 1 is 1.26 bits per heavy atom. The molecule has 1 unspecified atom stereocenters. The van der Waals surface area contributed by atoms with Crippen LogP contribution in [0.1, 0.15) is 34.1 Å². The Labute approximate surface area is 116 Å². The van der Waals surface area contributed by atoms with Gasteiger partial charge in [-0.05, 0) is 26.2 Å². The number of carbonyl (C=O) groups excluding carboxylic acids is 1. The number of hydrogen-bond acceptors (Lipinski definition) is 4. The molecular weight excluding hydrogens is 268 g/mol. The van der Waals surface area contributed by atoms with Crippen LogP contribution in [-0.4, -0.2) is 55.8 Å². The first-order valence-electron chi connectivity index (χ1n) is 6.47. The summed E-state index contributed by atoms with van der Waals surface area (Å²) in [6.07, 6.45) is 1.47. The Balaban J connectivity index is 5.06. The Morgan fingerprint density at radius 2 is 1.79 bits per heavy atom. The molecule has 0 bridgehead atoms. The molecule has 7 heteroatoms. The van der Waals surface area contributed by atoms with Crippen molar-refractivity contribution in [2.75, 3.05) is 19.4 Å². The summed E-state index contributed by atoms with van der Waals surface area (Å²) in [6, 6.07) is -0.861. The van der Waals surface area contributed by atoms with Gasteiger partial charge in [-0.2, -0.15) is 0 Å². The maximum absolute atomic E-state index is 12.4. The van der Waals surface area contributed by atoms with E-state index in [4.69, 9.17) is 5.11 Å². The summed E-state index contributed by atoms with van der Waals surface area (Å²) in [5, 5.41) is 9.00. The fraction of sp³-hybridized carbons (Fsp3) is 0.917. The van der Waals surface area contributed by atoms with Crippen LogP contribution in [0.3, 0.4) is 0 Å². The number of carbonyl (C=O) groups is 1. The molecule has 1 amide bonds. The van der Waals surface area contributed by atoms with Crippen molar-refractivity contribution in [3.8, 4) is 0 Å². The van der Waals surface area contributed by atoms with Crippen LogP contribution in [0.15, 0.2) is 0 Å². The molecule has 0 saturated heterocycles. The van der Waals surface area contributed by atoms with Crippen molar-refractivity contribution in [1.82, 2.24) is 9.62 Å². The lowest BCUT2D eigenvalue weighted by molar-refractivity contribution is -0.135. The highest BCUT2D eigenvalue weighted by Gasteiger charge is 2.28. The van der Waals surface area contributed by atoms with E-state index in [9.17, 15) is 13.2 Å². The SMILES string of the molecule is CC(C)CC(NS(C)(=O)=O)C(=O)N(CCO)C(C)C. The van der Waals surface area contributed by atoms with E-state index in [1.165, 1.54) is 4.90 Å². The van der Waals surface area contributed by atoms with Gasteiger partial charge in [0.1, 0.15) is 6.04 Å². The molecule has 19 heavy (non-hydrogen) atoms. The van der Waals surface area contributed by atoms with Crippen molar-refractivity contribution in [3.63, 3.8) is 0 Å². The van der Waals surface area contributed by atoms with Crippen molar-refractivity contribution in [2.45, 2.75) is 46.2 Å². The van der Waals surface area contributed by atoms with E-state index in [0.29, 0.717) is 6.42 Å². The first-order valence-corrected chi connectivity index (χ1v) is 8.36. The van der Waals surface area contributed by atoms with Gasteiger partial charge in [0.05, 0.1) is 12.9 Å². The van der Waals surface area contributed by atoms with E-state index in [1.807, 2.05) is 27.7 Å². The summed E-state index contributed by atoms with van der Waals surface area (Å²) >= 11 is 0. The van der Waals surface area contributed by atoms with Gasteiger partial charge in [0.2, 0.25) is 15.9 Å². The van der Waals surface area contributed by atoms with Crippen LogP contribution in [0.4, 0.5) is 0 Å². The minimum atomic E-state index is -3.45. The van der Waals surface area contributed by atoms with E-state index in [1.54, 1.807) is 0 Å². The molecule has 1 atom stereocenters.